The van der Waals surface area contributed by atoms with Gasteiger partial charge in [-0.1, -0.05) is 18.2 Å². The van der Waals surface area contributed by atoms with Gasteiger partial charge in [0.05, 0.1) is 12.0 Å². The van der Waals surface area contributed by atoms with Crippen LogP contribution in [0.4, 0.5) is 0 Å². The van der Waals surface area contributed by atoms with Crippen LogP contribution in [0.3, 0.4) is 0 Å². The lowest BCUT2D eigenvalue weighted by Gasteiger charge is -2.31. The summed E-state index contributed by atoms with van der Waals surface area (Å²) in [6.45, 7) is 4.08. The zero-order valence-electron chi connectivity index (χ0n) is 10.2. The second-order valence-electron chi connectivity index (χ2n) is 5.50. The average Bonchev–Trinajstić information content (AvgIpc) is 2.66. The maximum absolute atomic E-state index is 12.2. The Labute approximate surface area is 107 Å². The highest BCUT2D eigenvalue weighted by molar-refractivity contribution is 5.84. The summed E-state index contributed by atoms with van der Waals surface area (Å²) in [5, 5.41) is 10.5. The first kappa shape index (κ1) is 11.6. The van der Waals surface area contributed by atoms with Gasteiger partial charge in [-0.2, -0.15) is 0 Å². The van der Waals surface area contributed by atoms with E-state index in [0.29, 0.717) is 12.3 Å². The molecule has 2 unspecified atom stereocenters. The summed E-state index contributed by atoms with van der Waals surface area (Å²) >= 11 is 0. The number of allylic oxidation sites excluding steroid dienone is 1. The number of aliphatic hydroxyl groups is 1. The van der Waals surface area contributed by atoms with Crippen LogP contribution in [0, 0.1) is 17.8 Å². The first-order chi connectivity index (χ1) is 8.66. The van der Waals surface area contributed by atoms with Gasteiger partial charge in [-0.05, 0) is 36.3 Å². The smallest absolute Gasteiger partial charge is 0.139 e. The molecule has 1 heterocycles. The Morgan fingerprint density at radius 1 is 1.44 bits per heavy atom. The van der Waals surface area contributed by atoms with Gasteiger partial charge in [-0.25, -0.2) is 0 Å². The molecular formula is C15H17NO2. The van der Waals surface area contributed by atoms with Crippen molar-refractivity contribution in [1.29, 1.82) is 0 Å². The molecule has 2 fully saturated rings. The molecule has 1 aromatic heterocycles. The van der Waals surface area contributed by atoms with Gasteiger partial charge in [-0.3, -0.25) is 9.78 Å². The van der Waals surface area contributed by atoms with E-state index in [1.165, 1.54) is 0 Å². The van der Waals surface area contributed by atoms with E-state index in [9.17, 15) is 9.90 Å². The number of aliphatic hydroxyl groups excluding tert-OH is 1. The first-order valence-electron chi connectivity index (χ1n) is 6.45. The van der Waals surface area contributed by atoms with Crippen molar-refractivity contribution in [3.05, 3.63) is 42.2 Å². The fourth-order valence-electron chi connectivity index (χ4n) is 3.49. The fourth-order valence-corrected chi connectivity index (χ4v) is 3.49. The topological polar surface area (TPSA) is 50.2 Å². The Balaban J connectivity index is 1.90. The Bertz CT molecular complexity index is 483. The lowest BCUT2D eigenvalue weighted by atomic mass is 9.74. The van der Waals surface area contributed by atoms with E-state index in [2.05, 4.69) is 11.6 Å². The van der Waals surface area contributed by atoms with Crippen molar-refractivity contribution in [2.75, 3.05) is 0 Å². The molecule has 2 bridgehead atoms. The SMILES string of the molecule is C=C1CC2CC(=O)[C@@H]([C@H](O)c3cccnc3)C1C2. The number of hydrogen-bond donors (Lipinski definition) is 1. The van der Waals surface area contributed by atoms with E-state index in [4.69, 9.17) is 0 Å². The maximum atomic E-state index is 12.2. The molecule has 1 aromatic rings. The minimum absolute atomic E-state index is 0.159. The van der Waals surface area contributed by atoms with Crippen molar-refractivity contribution < 1.29 is 9.90 Å². The number of fused-ring (bicyclic) bond motifs is 2. The van der Waals surface area contributed by atoms with Gasteiger partial charge < -0.3 is 5.11 Å². The van der Waals surface area contributed by atoms with Gasteiger partial charge in [0.25, 0.3) is 0 Å². The van der Waals surface area contributed by atoms with Crippen LogP contribution in [0.1, 0.15) is 30.9 Å². The molecule has 3 rings (SSSR count). The number of aromatic nitrogens is 1. The third-order valence-corrected chi connectivity index (χ3v) is 4.32. The maximum Gasteiger partial charge on any atom is 0.139 e. The van der Waals surface area contributed by atoms with E-state index in [0.717, 1.165) is 24.0 Å². The molecule has 1 N–H and O–H groups in total. The van der Waals surface area contributed by atoms with Crippen LogP contribution < -0.4 is 0 Å². The van der Waals surface area contributed by atoms with E-state index in [1.807, 2.05) is 6.07 Å². The molecule has 94 valence electrons. The van der Waals surface area contributed by atoms with Crippen LogP contribution in [0.5, 0.6) is 0 Å². The van der Waals surface area contributed by atoms with Crippen molar-refractivity contribution in [3.8, 4) is 0 Å². The van der Waals surface area contributed by atoms with Crippen LogP contribution in [0.25, 0.3) is 0 Å². The summed E-state index contributed by atoms with van der Waals surface area (Å²) < 4.78 is 0. The lowest BCUT2D eigenvalue weighted by Crippen LogP contribution is -2.33. The van der Waals surface area contributed by atoms with E-state index < -0.39 is 6.10 Å². The van der Waals surface area contributed by atoms with Gasteiger partial charge in [0.2, 0.25) is 0 Å². The molecule has 0 saturated heterocycles. The van der Waals surface area contributed by atoms with Crippen molar-refractivity contribution in [1.82, 2.24) is 4.98 Å². The van der Waals surface area contributed by atoms with Crippen LogP contribution in [-0.2, 0) is 4.79 Å². The number of carbonyl (C=O) groups excluding carboxylic acids is 1. The first-order valence-corrected chi connectivity index (χ1v) is 6.45. The molecule has 0 spiro atoms. The molecule has 0 aromatic carbocycles. The van der Waals surface area contributed by atoms with E-state index in [1.54, 1.807) is 18.5 Å². The highest BCUT2D eigenvalue weighted by Crippen LogP contribution is 2.49. The number of rotatable bonds is 2. The fraction of sp³-hybridized carbons (Fsp3) is 0.467. The second kappa shape index (κ2) is 4.32. The predicted molar refractivity (Wildman–Crippen MR) is 67.7 cm³/mol. The van der Waals surface area contributed by atoms with Crippen molar-refractivity contribution in [2.24, 2.45) is 17.8 Å². The standard InChI is InChI=1S/C15H17NO2/c1-9-5-10-6-12(9)14(13(17)7-10)15(18)11-3-2-4-16-8-11/h2-4,8,10,12,14-15,18H,1,5-7H2/t10?,12?,14-,15+/m0/s1. The number of carbonyl (C=O) groups is 1. The summed E-state index contributed by atoms with van der Waals surface area (Å²) in [5.41, 5.74) is 1.87. The number of ketones is 1. The van der Waals surface area contributed by atoms with Gasteiger partial charge in [0.15, 0.2) is 0 Å². The molecule has 18 heavy (non-hydrogen) atoms. The number of Topliss-reactive ketones (excluding diaryl/α,β-unsaturated/α-hetero) is 1. The minimum Gasteiger partial charge on any atom is -0.388 e. The van der Waals surface area contributed by atoms with E-state index in [-0.39, 0.29) is 17.6 Å². The second-order valence-corrected chi connectivity index (χ2v) is 5.50. The quantitative estimate of drug-likeness (QED) is 0.811. The zero-order chi connectivity index (χ0) is 12.7. The highest BCUT2D eigenvalue weighted by atomic mass is 16.3. The predicted octanol–water partition coefficient (Wildman–Crippen LogP) is 2.29. The van der Waals surface area contributed by atoms with Crippen molar-refractivity contribution in [2.45, 2.75) is 25.4 Å². The van der Waals surface area contributed by atoms with Crippen molar-refractivity contribution in [3.63, 3.8) is 0 Å². The highest BCUT2D eigenvalue weighted by Gasteiger charge is 2.46. The molecule has 2 saturated carbocycles. The van der Waals surface area contributed by atoms with Gasteiger partial charge in [0.1, 0.15) is 5.78 Å². The summed E-state index contributed by atoms with van der Waals surface area (Å²) in [4.78, 5) is 16.2. The number of nitrogens with zero attached hydrogens (tertiary/aromatic N) is 1. The molecular weight excluding hydrogens is 226 g/mol. The molecule has 0 amide bonds. The third kappa shape index (κ3) is 1.79. The Hall–Kier alpha value is -1.48. The summed E-state index contributed by atoms with van der Waals surface area (Å²) in [7, 11) is 0. The van der Waals surface area contributed by atoms with Gasteiger partial charge in [0, 0.05) is 18.8 Å². The average molecular weight is 243 g/mol. The van der Waals surface area contributed by atoms with Crippen LogP contribution >= 0.6 is 0 Å². The lowest BCUT2D eigenvalue weighted by molar-refractivity contribution is -0.131. The summed E-state index contributed by atoms with van der Waals surface area (Å²) in [6.07, 6.45) is 5.12. The Morgan fingerprint density at radius 2 is 2.28 bits per heavy atom. The normalized spacial score (nSPS) is 32.6. The van der Waals surface area contributed by atoms with Crippen LogP contribution in [0.2, 0.25) is 0 Å². The van der Waals surface area contributed by atoms with Gasteiger partial charge >= 0.3 is 0 Å². The Morgan fingerprint density at radius 3 is 3.00 bits per heavy atom. The number of hydrogen-bond acceptors (Lipinski definition) is 3. The molecule has 2 aliphatic rings. The molecule has 2 aliphatic carbocycles. The summed E-state index contributed by atoms with van der Waals surface area (Å²) in [6, 6.07) is 3.62. The zero-order valence-corrected chi connectivity index (χ0v) is 10.2. The minimum atomic E-state index is -0.744. The largest absolute Gasteiger partial charge is 0.388 e. The van der Waals surface area contributed by atoms with Crippen LogP contribution in [0.15, 0.2) is 36.7 Å². The van der Waals surface area contributed by atoms with Crippen molar-refractivity contribution >= 4 is 5.78 Å². The Kier molecular flexibility index (Phi) is 2.78. The van der Waals surface area contributed by atoms with Gasteiger partial charge in [-0.15, -0.1) is 0 Å². The molecule has 0 aliphatic heterocycles. The van der Waals surface area contributed by atoms with Crippen LogP contribution in [-0.4, -0.2) is 15.9 Å². The molecule has 3 heteroatoms. The summed E-state index contributed by atoms with van der Waals surface area (Å²) in [5.74, 6) is 0.491. The molecule has 0 radical (unpaired) electrons. The number of pyridine rings is 1. The molecule has 3 nitrogen and oxygen atoms in total. The monoisotopic (exact) mass is 243 g/mol. The third-order valence-electron chi connectivity index (χ3n) is 4.32. The van der Waals surface area contributed by atoms with E-state index >= 15 is 0 Å². The molecule has 4 atom stereocenters.